The van der Waals surface area contributed by atoms with E-state index in [1.165, 1.54) is 38.5 Å². The maximum atomic E-state index is 12.9. The van der Waals surface area contributed by atoms with Crippen molar-refractivity contribution in [1.82, 2.24) is 0 Å². The molecule has 2 aliphatic carbocycles. The molecule has 0 heterocycles. The van der Waals surface area contributed by atoms with Crippen LogP contribution in [-0.4, -0.2) is 30.4 Å². The van der Waals surface area contributed by atoms with Gasteiger partial charge in [0.2, 0.25) is 6.29 Å². The summed E-state index contributed by atoms with van der Waals surface area (Å²) in [6.45, 7) is 1.86. The SMILES string of the molecule is CC(Oc1ccc2cc(C(=O)OC3CCCCCCC3)ccc2c1)Oc1ccc2cc(C(=O)OC3CCCCCCC3)ccc2c1. The second-order valence-corrected chi connectivity index (χ2v) is 13.0. The minimum Gasteiger partial charge on any atom is -0.459 e. The molecule has 4 aromatic carbocycles. The molecule has 6 rings (SSSR count). The molecule has 242 valence electrons. The van der Waals surface area contributed by atoms with Crippen LogP contribution in [-0.2, 0) is 9.47 Å². The first kappa shape index (κ1) is 31.9. The highest BCUT2D eigenvalue weighted by Crippen LogP contribution is 2.28. The summed E-state index contributed by atoms with van der Waals surface area (Å²) in [5.74, 6) is 0.870. The molecule has 2 fully saturated rings. The minimum atomic E-state index is -0.536. The fraction of sp³-hybridized carbons (Fsp3) is 0.450. The van der Waals surface area contributed by atoms with Gasteiger partial charge < -0.3 is 18.9 Å². The van der Waals surface area contributed by atoms with Crippen molar-refractivity contribution in [2.45, 2.75) is 115 Å². The predicted octanol–water partition coefficient (Wildman–Crippen LogP) is 10.3. The first-order chi connectivity index (χ1) is 22.5. The van der Waals surface area contributed by atoms with Crippen molar-refractivity contribution in [1.29, 1.82) is 0 Å². The second-order valence-electron chi connectivity index (χ2n) is 13.0. The summed E-state index contributed by atoms with van der Waals surface area (Å²) >= 11 is 0. The number of benzene rings is 4. The maximum Gasteiger partial charge on any atom is 0.338 e. The van der Waals surface area contributed by atoms with E-state index in [9.17, 15) is 9.59 Å². The van der Waals surface area contributed by atoms with Gasteiger partial charge in [-0.2, -0.15) is 0 Å². The molecule has 0 radical (unpaired) electrons. The molecule has 0 aliphatic heterocycles. The topological polar surface area (TPSA) is 71.1 Å². The molecule has 4 aromatic rings. The molecule has 6 nitrogen and oxygen atoms in total. The summed E-state index contributed by atoms with van der Waals surface area (Å²) in [5, 5.41) is 3.86. The Labute approximate surface area is 272 Å². The number of rotatable bonds is 8. The van der Waals surface area contributed by atoms with Gasteiger partial charge in [-0.25, -0.2) is 9.59 Å². The van der Waals surface area contributed by atoms with E-state index >= 15 is 0 Å². The molecule has 0 spiro atoms. The average molecular weight is 623 g/mol. The van der Waals surface area contributed by atoms with Crippen LogP contribution in [0.3, 0.4) is 0 Å². The Morgan fingerprint density at radius 2 is 0.848 bits per heavy atom. The largest absolute Gasteiger partial charge is 0.459 e. The van der Waals surface area contributed by atoms with Crippen molar-refractivity contribution in [3.63, 3.8) is 0 Å². The lowest BCUT2D eigenvalue weighted by molar-refractivity contribution is 0.0223. The third-order valence-corrected chi connectivity index (χ3v) is 9.35. The summed E-state index contributed by atoms with van der Waals surface area (Å²) in [4.78, 5) is 25.8. The summed E-state index contributed by atoms with van der Waals surface area (Å²) in [6, 6.07) is 22.9. The van der Waals surface area contributed by atoms with E-state index in [-0.39, 0.29) is 24.1 Å². The Morgan fingerprint density at radius 1 is 0.500 bits per heavy atom. The molecule has 46 heavy (non-hydrogen) atoms. The van der Waals surface area contributed by atoms with E-state index in [2.05, 4.69) is 0 Å². The number of hydrogen-bond donors (Lipinski definition) is 0. The van der Waals surface area contributed by atoms with Crippen LogP contribution in [0.1, 0.15) is 118 Å². The first-order valence-electron chi connectivity index (χ1n) is 17.3. The van der Waals surface area contributed by atoms with Crippen molar-refractivity contribution >= 4 is 33.5 Å². The molecule has 2 aliphatic rings. The Balaban J connectivity index is 1.04. The molecule has 2 saturated carbocycles. The monoisotopic (exact) mass is 622 g/mol. The Morgan fingerprint density at radius 3 is 1.26 bits per heavy atom. The molecule has 0 unspecified atom stereocenters. The highest BCUT2D eigenvalue weighted by molar-refractivity contribution is 5.96. The van der Waals surface area contributed by atoms with Crippen molar-refractivity contribution in [3.05, 3.63) is 83.9 Å². The number of carbonyl (C=O) groups is 2. The van der Waals surface area contributed by atoms with Crippen molar-refractivity contribution in [2.75, 3.05) is 0 Å². The Bertz CT molecular complexity index is 1510. The van der Waals surface area contributed by atoms with Crippen LogP contribution in [0.15, 0.2) is 72.8 Å². The highest BCUT2D eigenvalue weighted by Gasteiger charge is 2.19. The summed E-state index contributed by atoms with van der Waals surface area (Å²) in [5.41, 5.74) is 1.16. The lowest BCUT2D eigenvalue weighted by Crippen LogP contribution is -2.20. The van der Waals surface area contributed by atoms with Crippen LogP contribution in [0.4, 0.5) is 0 Å². The van der Waals surface area contributed by atoms with Gasteiger partial charge in [0, 0.05) is 6.92 Å². The molecule has 0 saturated heterocycles. The zero-order chi connectivity index (χ0) is 31.7. The van der Waals surface area contributed by atoms with Gasteiger partial charge in [0.25, 0.3) is 0 Å². The van der Waals surface area contributed by atoms with Crippen molar-refractivity contribution in [2.24, 2.45) is 0 Å². The van der Waals surface area contributed by atoms with Crippen LogP contribution in [0.25, 0.3) is 21.5 Å². The van der Waals surface area contributed by atoms with Gasteiger partial charge in [0.15, 0.2) is 0 Å². The first-order valence-corrected chi connectivity index (χ1v) is 17.3. The van der Waals surface area contributed by atoms with Gasteiger partial charge in [0.1, 0.15) is 23.7 Å². The number of hydrogen-bond acceptors (Lipinski definition) is 6. The smallest absolute Gasteiger partial charge is 0.338 e. The van der Waals surface area contributed by atoms with Gasteiger partial charge in [0.05, 0.1) is 11.1 Å². The van der Waals surface area contributed by atoms with E-state index in [1.807, 2.05) is 79.7 Å². The molecular weight excluding hydrogens is 576 g/mol. The Hall–Kier alpha value is -4.06. The van der Waals surface area contributed by atoms with Gasteiger partial charge in [-0.1, -0.05) is 62.8 Å². The third-order valence-electron chi connectivity index (χ3n) is 9.35. The lowest BCUT2D eigenvalue weighted by atomic mass is 9.98. The normalized spacial score (nSPS) is 17.1. The summed E-state index contributed by atoms with van der Waals surface area (Å²) < 4.78 is 24.0. The molecule has 0 N–H and O–H groups in total. The van der Waals surface area contributed by atoms with Crippen LogP contribution in [0.2, 0.25) is 0 Å². The second kappa shape index (κ2) is 15.5. The van der Waals surface area contributed by atoms with E-state index < -0.39 is 6.29 Å². The molecule has 0 bridgehead atoms. The van der Waals surface area contributed by atoms with Gasteiger partial charge in [-0.15, -0.1) is 0 Å². The zero-order valence-electron chi connectivity index (χ0n) is 27.0. The fourth-order valence-electron chi connectivity index (χ4n) is 6.77. The average Bonchev–Trinajstić information content (AvgIpc) is 3.02. The van der Waals surface area contributed by atoms with E-state index in [0.717, 1.165) is 72.9 Å². The van der Waals surface area contributed by atoms with Gasteiger partial charge in [-0.3, -0.25) is 0 Å². The van der Waals surface area contributed by atoms with Crippen LogP contribution in [0, 0.1) is 0 Å². The quantitative estimate of drug-likeness (QED) is 0.144. The minimum absolute atomic E-state index is 0.0185. The van der Waals surface area contributed by atoms with Crippen LogP contribution >= 0.6 is 0 Å². The lowest BCUT2D eigenvalue weighted by Gasteiger charge is -2.20. The van der Waals surface area contributed by atoms with Crippen molar-refractivity contribution < 1.29 is 28.5 Å². The molecular formula is C40H46O6. The van der Waals surface area contributed by atoms with Crippen LogP contribution < -0.4 is 9.47 Å². The van der Waals surface area contributed by atoms with Gasteiger partial charge >= 0.3 is 11.9 Å². The van der Waals surface area contributed by atoms with Gasteiger partial charge in [-0.05, 0) is 121 Å². The zero-order valence-corrected chi connectivity index (χ0v) is 27.0. The maximum absolute atomic E-state index is 12.9. The number of ether oxygens (including phenoxy) is 4. The van der Waals surface area contributed by atoms with E-state index in [4.69, 9.17) is 18.9 Å². The standard InChI is InChI=1S/C40H46O6/c1-28(43-37-22-20-29-24-33(18-16-31(29)26-37)39(41)45-35-12-8-4-2-5-9-13-35)44-38-23-21-30-25-34(19-17-32(30)27-38)40(42)46-36-14-10-6-3-7-11-15-36/h16-28,35-36H,2-15H2,1H3. The highest BCUT2D eigenvalue weighted by atomic mass is 16.7. The summed E-state index contributed by atoms with van der Waals surface area (Å²) in [7, 11) is 0. The predicted molar refractivity (Wildman–Crippen MR) is 182 cm³/mol. The molecule has 0 amide bonds. The molecule has 0 atom stereocenters. The molecule has 0 aromatic heterocycles. The fourth-order valence-corrected chi connectivity index (χ4v) is 6.77. The number of fused-ring (bicyclic) bond motifs is 2. The Kier molecular flexibility index (Phi) is 10.7. The van der Waals surface area contributed by atoms with E-state index in [0.29, 0.717) is 22.6 Å². The third kappa shape index (κ3) is 8.60. The number of carbonyl (C=O) groups excluding carboxylic acids is 2. The number of esters is 2. The van der Waals surface area contributed by atoms with E-state index in [1.54, 1.807) is 0 Å². The van der Waals surface area contributed by atoms with Crippen LogP contribution in [0.5, 0.6) is 11.5 Å². The molecule has 6 heteroatoms. The summed E-state index contributed by atoms with van der Waals surface area (Å²) in [6.07, 6.45) is 15.3. The van der Waals surface area contributed by atoms with Crippen molar-refractivity contribution in [3.8, 4) is 11.5 Å².